The fourth-order valence-corrected chi connectivity index (χ4v) is 8.30. The molecule has 4 saturated carbocycles. The van der Waals surface area contributed by atoms with Gasteiger partial charge in [-0.3, -0.25) is 9.59 Å². The lowest BCUT2D eigenvalue weighted by molar-refractivity contribution is -0.0156. The number of benzene rings is 1. The fraction of sp³-hybridized carbons (Fsp3) is 0.679. The molecule has 2 saturated heterocycles. The van der Waals surface area contributed by atoms with Gasteiger partial charge >= 0.3 is 6.03 Å². The summed E-state index contributed by atoms with van der Waals surface area (Å²) in [6, 6.07) is 7.14. The van der Waals surface area contributed by atoms with Crippen LogP contribution in [-0.4, -0.2) is 59.2 Å². The Balaban J connectivity index is 1.04. The van der Waals surface area contributed by atoms with E-state index in [1.807, 2.05) is 4.90 Å². The van der Waals surface area contributed by atoms with Crippen molar-refractivity contribution in [1.29, 1.82) is 0 Å². The lowest BCUT2D eigenvalue weighted by atomic mass is 9.53. The maximum Gasteiger partial charge on any atom is 0.317 e. The van der Waals surface area contributed by atoms with Gasteiger partial charge in [-0.25, -0.2) is 4.79 Å². The van der Waals surface area contributed by atoms with Gasteiger partial charge < -0.3 is 15.1 Å². The van der Waals surface area contributed by atoms with E-state index in [9.17, 15) is 14.4 Å². The standard InChI is InChI=1S/C28H37N3O3/c1-19(32)23-2-4-24(5-3-23)25(33)30-9-6-27(7-10-30)8-11-31(18-27)26(34)29-28-15-20-12-21(16-28)14-22(13-20)17-28/h2-5,20-22H,6-18H2,1H3,(H,29,34). The average Bonchev–Trinajstić information content (AvgIpc) is 3.22. The van der Waals surface area contributed by atoms with E-state index in [0.717, 1.165) is 63.2 Å². The smallest absolute Gasteiger partial charge is 0.317 e. The summed E-state index contributed by atoms with van der Waals surface area (Å²) in [5.74, 6) is 2.54. The summed E-state index contributed by atoms with van der Waals surface area (Å²) in [4.78, 5) is 41.8. The van der Waals surface area contributed by atoms with Gasteiger partial charge in [-0.2, -0.15) is 0 Å². The topological polar surface area (TPSA) is 69.7 Å². The van der Waals surface area contributed by atoms with Crippen molar-refractivity contribution in [2.45, 2.75) is 70.3 Å². The molecule has 0 aromatic heterocycles. The first-order valence-corrected chi connectivity index (χ1v) is 13.3. The first-order valence-electron chi connectivity index (χ1n) is 13.3. The molecular formula is C28H37N3O3. The Morgan fingerprint density at radius 1 is 0.794 bits per heavy atom. The third-order valence-electron chi connectivity index (χ3n) is 9.79. The molecule has 2 aliphatic heterocycles. The molecule has 3 amide bonds. The molecule has 0 unspecified atom stereocenters. The number of hydrogen-bond donors (Lipinski definition) is 1. The predicted molar refractivity (Wildman–Crippen MR) is 130 cm³/mol. The Bertz CT molecular complexity index is 957. The molecule has 4 bridgehead atoms. The second kappa shape index (κ2) is 8.10. The first-order chi connectivity index (χ1) is 16.3. The Morgan fingerprint density at radius 3 is 1.82 bits per heavy atom. The molecule has 34 heavy (non-hydrogen) atoms. The van der Waals surface area contributed by atoms with Crippen molar-refractivity contribution in [3.8, 4) is 0 Å². The molecule has 6 aliphatic rings. The van der Waals surface area contributed by atoms with Gasteiger partial charge in [-0.15, -0.1) is 0 Å². The van der Waals surface area contributed by atoms with Crippen molar-refractivity contribution in [2.24, 2.45) is 23.2 Å². The second-order valence-corrected chi connectivity index (χ2v) is 12.2. The minimum Gasteiger partial charge on any atom is -0.339 e. The molecule has 6 heteroatoms. The summed E-state index contributed by atoms with van der Waals surface area (Å²) in [5, 5.41) is 3.55. The number of Topliss-reactive ketones (excluding diaryl/α,β-unsaturated/α-hetero) is 1. The lowest BCUT2D eigenvalue weighted by Crippen LogP contribution is -2.61. The van der Waals surface area contributed by atoms with Gasteiger partial charge in [0.15, 0.2) is 5.78 Å². The van der Waals surface area contributed by atoms with Crippen molar-refractivity contribution in [3.05, 3.63) is 35.4 Å². The fourth-order valence-electron chi connectivity index (χ4n) is 8.30. The van der Waals surface area contributed by atoms with Crippen molar-refractivity contribution >= 4 is 17.7 Å². The van der Waals surface area contributed by atoms with Crippen molar-refractivity contribution in [1.82, 2.24) is 15.1 Å². The highest BCUT2D eigenvalue weighted by Gasteiger charge is 2.52. The third kappa shape index (κ3) is 3.93. The van der Waals surface area contributed by atoms with Crippen LogP contribution in [0.3, 0.4) is 0 Å². The predicted octanol–water partition coefficient (Wildman–Crippen LogP) is 4.50. The summed E-state index contributed by atoms with van der Waals surface area (Å²) in [6.07, 6.45) is 10.7. The number of hydrogen-bond acceptors (Lipinski definition) is 3. The molecule has 2 heterocycles. The number of carbonyl (C=O) groups is 3. The largest absolute Gasteiger partial charge is 0.339 e. The minimum atomic E-state index is 0.0110. The Labute approximate surface area is 202 Å². The zero-order valence-corrected chi connectivity index (χ0v) is 20.4. The highest BCUT2D eigenvalue weighted by molar-refractivity contribution is 5.97. The highest BCUT2D eigenvalue weighted by Crippen LogP contribution is 2.55. The zero-order valence-electron chi connectivity index (χ0n) is 20.4. The lowest BCUT2D eigenvalue weighted by Gasteiger charge is -2.57. The van der Waals surface area contributed by atoms with E-state index in [1.165, 1.54) is 45.4 Å². The summed E-state index contributed by atoms with van der Waals surface area (Å²) >= 11 is 0. The number of piperidine rings is 1. The zero-order chi connectivity index (χ0) is 23.5. The van der Waals surface area contributed by atoms with Crippen LogP contribution in [0.2, 0.25) is 0 Å². The van der Waals surface area contributed by atoms with Crippen LogP contribution in [0.1, 0.15) is 85.4 Å². The summed E-state index contributed by atoms with van der Waals surface area (Å²) in [5.41, 5.74) is 1.49. The monoisotopic (exact) mass is 463 g/mol. The van der Waals surface area contributed by atoms with Crippen LogP contribution in [0.25, 0.3) is 0 Å². The van der Waals surface area contributed by atoms with Crippen LogP contribution >= 0.6 is 0 Å². The van der Waals surface area contributed by atoms with Gasteiger partial charge in [0.25, 0.3) is 5.91 Å². The molecule has 1 N–H and O–H groups in total. The molecule has 6 fully saturated rings. The third-order valence-corrected chi connectivity index (χ3v) is 9.79. The van der Waals surface area contributed by atoms with Gasteiger partial charge in [0.2, 0.25) is 0 Å². The van der Waals surface area contributed by atoms with Gasteiger partial charge in [0, 0.05) is 42.8 Å². The molecule has 0 atom stereocenters. The van der Waals surface area contributed by atoms with Gasteiger partial charge in [-0.1, -0.05) is 12.1 Å². The quantitative estimate of drug-likeness (QED) is 0.671. The van der Waals surface area contributed by atoms with Crippen LogP contribution in [0.5, 0.6) is 0 Å². The van der Waals surface area contributed by atoms with Crippen molar-refractivity contribution in [3.63, 3.8) is 0 Å². The molecule has 182 valence electrons. The van der Waals surface area contributed by atoms with Gasteiger partial charge in [-0.05, 0) is 100 Å². The molecule has 4 aliphatic carbocycles. The van der Waals surface area contributed by atoms with E-state index >= 15 is 0 Å². The molecule has 0 radical (unpaired) electrons. The molecule has 1 spiro atoms. The van der Waals surface area contributed by atoms with Crippen LogP contribution in [-0.2, 0) is 0 Å². The van der Waals surface area contributed by atoms with E-state index in [4.69, 9.17) is 0 Å². The Kier molecular flexibility index (Phi) is 5.27. The maximum atomic E-state index is 13.3. The van der Waals surface area contributed by atoms with Gasteiger partial charge in [0.1, 0.15) is 0 Å². The van der Waals surface area contributed by atoms with E-state index in [-0.39, 0.29) is 28.7 Å². The van der Waals surface area contributed by atoms with Crippen LogP contribution < -0.4 is 5.32 Å². The number of carbonyl (C=O) groups excluding carboxylic acids is 3. The second-order valence-electron chi connectivity index (χ2n) is 12.2. The van der Waals surface area contributed by atoms with Gasteiger partial charge in [0.05, 0.1) is 0 Å². The minimum absolute atomic E-state index is 0.0110. The number of urea groups is 1. The molecule has 1 aromatic rings. The SMILES string of the molecule is CC(=O)c1ccc(C(=O)N2CCC3(CCN(C(=O)NC45CC6CC(CC(C6)C4)C5)C3)CC2)cc1. The normalized spacial score (nSPS) is 33.4. The van der Waals surface area contributed by atoms with E-state index in [0.29, 0.717) is 11.1 Å². The van der Waals surface area contributed by atoms with Crippen LogP contribution in [0.4, 0.5) is 4.79 Å². The number of nitrogens with one attached hydrogen (secondary N) is 1. The molecular weight excluding hydrogens is 426 g/mol. The van der Waals surface area contributed by atoms with Crippen molar-refractivity contribution in [2.75, 3.05) is 26.2 Å². The Hall–Kier alpha value is -2.37. The Morgan fingerprint density at radius 2 is 1.29 bits per heavy atom. The highest BCUT2D eigenvalue weighted by atomic mass is 16.2. The average molecular weight is 464 g/mol. The molecule has 7 rings (SSSR count). The van der Waals surface area contributed by atoms with Crippen LogP contribution in [0.15, 0.2) is 24.3 Å². The number of likely N-dealkylation sites (tertiary alicyclic amines) is 2. The van der Waals surface area contributed by atoms with E-state index in [2.05, 4.69) is 10.2 Å². The number of ketones is 1. The number of nitrogens with zero attached hydrogens (tertiary/aromatic N) is 2. The molecule has 6 nitrogen and oxygen atoms in total. The van der Waals surface area contributed by atoms with Crippen LogP contribution in [0, 0.1) is 23.2 Å². The van der Waals surface area contributed by atoms with E-state index < -0.39 is 0 Å². The summed E-state index contributed by atoms with van der Waals surface area (Å²) in [7, 11) is 0. The maximum absolute atomic E-state index is 13.3. The number of rotatable bonds is 3. The van der Waals surface area contributed by atoms with Crippen molar-refractivity contribution < 1.29 is 14.4 Å². The number of amides is 3. The first kappa shape index (κ1) is 22.1. The van der Waals surface area contributed by atoms with E-state index in [1.54, 1.807) is 24.3 Å². The summed E-state index contributed by atoms with van der Waals surface area (Å²) < 4.78 is 0. The summed E-state index contributed by atoms with van der Waals surface area (Å²) in [6.45, 7) is 4.66. The molecule has 1 aromatic carbocycles.